The zero-order valence-corrected chi connectivity index (χ0v) is 13.5. The molecule has 1 saturated heterocycles. The minimum atomic E-state index is -1.11. The fourth-order valence-electron chi connectivity index (χ4n) is 2.98. The van der Waals surface area contributed by atoms with E-state index in [0.717, 1.165) is 23.1 Å². The Labute approximate surface area is 148 Å². The Morgan fingerprint density at radius 3 is 2.50 bits per heavy atom. The largest absolute Gasteiger partial charge is 0.314 e. The average Bonchev–Trinajstić information content (AvgIpc) is 2.98. The third kappa shape index (κ3) is 2.96. The summed E-state index contributed by atoms with van der Waals surface area (Å²) in [5, 5.41) is 11.0. The molecule has 0 saturated carbocycles. The van der Waals surface area contributed by atoms with Crippen molar-refractivity contribution in [2.75, 3.05) is 6.54 Å². The number of rotatable bonds is 3. The molecule has 26 heavy (non-hydrogen) atoms. The number of aldehydes is 1. The molecule has 1 amide bonds. The van der Waals surface area contributed by atoms with Crippen molar-refractivity contribution in [3.05, 3.63) is 70.8 Å². The van der Waals surface area contributed by atoms with E-state index in [2.05, 4.69) is 5.92 Å². The van der Waals surface area contributed by atoms with Gasteiger partial charge in [0.1, 0.15) is 35.7 Å². The summed E-state index contributed by atoms with van der Waals surface area (Å²) in [6, 6.07) is 8.47. The number of hydrogen-bond acceptors (Lipinski definition) is 4. The number of carbonyl (C=O) groups excluding carboxylic acids is 2. The van der Waals surface area contributed by atoms with Crippen molar-refractivity contribution in [1.29, 1.82) is 0 Å². The zero-order chi connectivity index (χ0) is 18.8. The van der Waals surface area contributed by atoms with Crippen molar-refractivity contribution < 1.29 is 23.6 Å². The van der Waals surface area contributed by atoms with Crippen molar-refractivity contribution in [2.24, 2.45) is 0 Å². The molecule has 1 aliphatic rings. The van der Waals surface area contributed by atoms with E-state index in [1.165, 1.54) is 0 Å². The van der Waals surface area contributed by atoms with E-state index in [1.54, 1.807) is 24.3 Å². The molecular weight excluding hydrogens is 342 g/mol. The fraction of sp³-hybridized carbons (Fsp3) is 0.158. The summed E-state index contributed by atoms with van der Waals surface area (Å²) in [6.07, 6.45) is 4.72. The Bertz CT molecular complexity index is 890. The topological polar surface area (TPSA) is 60.9 Å². The monoisotopic (exact) mass is 356 g/mol. The highest BCUT2D eigenvalue weighted by Crippen LogP contribution is 2.33. The Morgan fingerprint density at radius 1 is 1.23 bits per heavy atom. The van der Waals surface area contributed by atoms with E-state index in [4.69, 9.17) is 6.42 Å². The fourth-order valence-corrected chi connectivity index (χ4v) is 2.98. The third-order valence-corrected chi connectivity index (χ3v) is 4.22. The highest BCUT2D eigenvalue weighted by molar-refractivity contribution is 5.95. The standard InChI is InChI=1S/C19H14F2N2O3/c1-2-12-5-3-6-13(9-12)18-22(10-14(11-24)23(18)26)19(25)17-15(20)7-4-8-16(17)21/h1,3-9,11,14,18,26H,10H2. The van der Waals surface area contributed by atoms with Gasteiger partial charge in [0, 0.05) is 12.1 Å². The number of amides is 1. The molecule has 1 N–H and O–H groups in total. The van der Waals surface area contributed by atoms with E-state index in [0.29, 0.717) is 22.5 Å². The number of hydroxylamine groups is 2. The summed E-state index contributed by atoms with van der Waals surface area (Å²) < 4.78 is 28.0. The average molecular weight is 356 g/mol. The molecule has 2 aromatic rings. The highest BCUT2D eigenvalue weighted by Gasteiger charge is 2.43. The van der Waals surface area contributed by atoms with Gasteiger partial charge in [0.2, 0.25) is 0 Å². The molecule has 1 fully saturated rings. The lowest BCUT2D eigenvalue weighted by Crippen LogP contribution is -2.35. The first-order chi connectivity index (χ1) is 12.5. The predicted molar refractivity (Wildman–Crippen MR) is 88.0 cm³/mol. The molecule has 0 spiro atoms. The summed E-state index contributed by atoms with van der Waals surface area (Å²) in [5.74, 6) is -0.586. The van der Waals surface area contributed by atoms with Crippen molar-refractivity contribution in [2.45, 2.75) is 12.2 Å². The van der Waals surface area contributed by atoms with E-state index in [1.807, 2.05) is 0 Å². The minimum absolute atomic E-state index is 0.225. The van der Waals surface area contributed by atoms with Gasteiger partial charge >= 0.3 is 0 Å². The van der Waals surface area contributed by atoms with Crippen molar-refractivity contribution in [1.82, 2.24) is 9.96 Å². The van der Waals surface area contributed by atoms with Crippen LogP contribution in [0.3, 0.4) is 0 Å². The summed E-state index contributed by atoms with van der Waals surface area (Å²) in [4.78, 5) is 25.1. The van der Waals surface area contributed by atoms with Crippen LogP contribution in [0.2, 0.25) is 0 Å². The molecule has 1 aliphatic heterocycles. The maximum atomic E-state index is 14.0. The Kier molecular flexibility index (Phi) is 4.80. The minimum Gasteiger partial charge on any atom is -0.314 e. The second-order valence-electron chi connectivity index (χ2n) is 5.78. The number of terminal acetylenes is 1. The van der Waals surface area contributed by atoms with Crippen molar-refractivity contribution >= 4 is 12.2 Å². The Balaban J connectivity index is 2.07. The summed E-state index contributed by atoms with van der Waals surface area (Å²) >= 11 is 0. The lowest BCUT2D eigenvalue weighted by atomic mass is 10.1. The van der Waals surface area contributed by atoms with Crippen LogP contribution in [0.4, 0.5) is 8.78 Å². The van der Waals surface area contributed by atoms with Gasteiger partial charge < -0.3 is 14.9 Å². The van der Waals surface area contributed by atoms with E-state index in [-0.39, 0.29) is 6.54 Å². The molecule has 1 heterocycles. The molecule has 3 rings (SSSR count). The molecule has 0 radical (unpaired) electrons. The van der Waals surface area contributed by atoms with Crippen LogP contribution in [0.1, 0.15) is 27.7 Å². The van der Waals surface area contributed by atoms with Crippen LogP contribution in [0, 0.1) is 24.0 Å². The second kappa shape index (κ2) is 7.04. The molecule has 0 aliphatic carbocycles. The van der Waals surface area contributed by atoms with Gasteiger partial charge in [0.05, 0.1) is 0 Å². The van der Waals surface area contributed by atoms with Crippen LogP contribution in [0.15, 0.2) is 42.5 Å². The van der Waals surface area contributed by atoms with Gasteiger partial charge in [0.15, 0.2) is 0 Å². The number of halogens is 2. The van der Waals surface area contributed by atoms with Gasteiger partial charge in [-0.25, -0.2) is 8.78 Å². The number of benzene rings is 2. The molecule has 0 bridgehead atoms. The Morgan fingerprint density at radius 2 is 1.88 bits per heavy atom. The first-order valence-electron chi connectivity index (χ1n) is 7.72. The maximum absolute atomic E-state index is 14.0. The van der Waals surface area contributed by atoms with Crippen LogP contribution in [-0.2, 0) is 4.79 Å². The maximum Gasteiger partial charge on any atom is 0.261 e. The van der Waals surface area contributed by atoms with Crippen LogP contribution in [0.5, 0.6) is 0 Å². The predicted octanol–water partition coefficient (Wildman–Crippen LogP) is 2.36. The Hall–Kier alpha value is -3.08. The van der Waals surface area contributed by atoms with E-state index in [9.17, 15) is 23.6 Å². The van der Waals surface area contributed by atoms with Gasteiger partial charge in [-0.2, -0.15) is 5.06 Å². The first kappa shape index (κ1) is 17.7. The molecular formula is C19H14F2N2O3. The molecule has 2 unspecified atom stereocenters. The van der Waals surface area contributed by atoms with Crippen molar-refractivity contribution in [3.63, 3.8) is 0 Å². The van der Waals surface area contributed by atoms with Gasteiger partial charge in [-0.15, -0.1) is 6.42 Å². The lowest BCUT2D eigenvalue weighted by Gasteiger charge is -2.27. The molecule has 2 atom stereocenters. The first-order valence-corrected chi connectivity index (χ1v) is 7.72. The highest BCUT2D eigenvalue weighted by atomic mass is 19.1. The number of nitrogens with zero attached hydrogens (tertiary/aromatic N) is 2. The SMILES string of the molecule is C#Cc1cccc(C2N(C(=O)c3c(F)cccc3F)CC(C=O)N2O)c1. The third-order valence-electron chi connectivity index (χ3n) is 4.22. The molecule has 2 aromatic carbocycles. The zero-order valence-electron chi connectivity index (χ0n) is 13.5. The summed E-state index contributed by atoms with van der Waals surface area (Å²) in [6.45, 7) is -0.225. The lowest BCUT2D eigenvalue weighted by molar-refractivity contribution is -0.154. The van der Waals surface area contributed by atoms with Crippen molar-refractivity contribution in [3.8, 4) is 12.3 Å². The number of hydrogen-bond donors (Lipinski definition) is 1. The van der Waals surface area contributed by atoms with Gasteiger partial charge in [-0.1, -0.05) is 24.1 Å². The van der Waals surface area contributed by atoms with Gasteiger partial charge in [-0.3, -0.25) is 4.79 Å². The van der Waals surface area contributed by atoms with Crippen LogP contribution >= 0.6 is 0 Å². The summed E-state index contributed by atoms with van der Waals surface area (Å²) in [7, 11) is 0. The van der Waals surface area contributed by atoms with E-state index < -0.39 is 35.3 Å². The molecule has 7 heteroatoms. The molecule has 132 valence electrons. The second-order valence-corrected chi connectivity index (χ2v) is 5.78. The summed E-state index contributed by atoms with van der Waals surface area (Å²) in [5.41, 5.74) is 0.165. The molecule has 0 aromatic heterocycles. The van der Waals surface area contributed by atoms with E-state index >= 15 is 0 Å². The smallest absolute Gasteiger partial charge is 0.261 e. The quantitative estimate of drug-likeness (QED) is 0.678. The van der Waals surface area contributed by atoms with Gasteiger partial charge in [0.25, 0.3) is 5.91 Å². The number of carbonyl (C=O) groups is 2. The van der Waals surface area contributed by atoms with Gasteiger partial charge in [-0.05, 0) is 29.8 Å². The van der Waals surface area contributed by atoms with Crippen LogP contribution < -0.4 is 0 Å². The van der Waals surface area contributed by atoms with Crippen LogP contribution in [0.25, 0.3) is 0 Å². The molecule has 5 nitrogen and oxygen atoms in total. The normalized spacial score (nSPS) is 20.0. The van der Waals surface area contributed by atoms with Crippen LogP contribution in [-0.4, -0.2) is 40.0 Å².